The SMILES string of the molecule is CC(c1ccccc1)N(C)C(=O)c1cn(CCN)cn1. The van der Waals surface area contributed by atoms with Crippen molar-refractivity contribution in [1.29, 1.82) is 0 Å². The number of hydrogen-bond donors (Lipinski definition) is 1. The van der Waals surface area contributed by atoms with E-state index in [1.807, 2.05) is 41.8 Å². The van der Waals surface area contributed by atoms with E-state index in [2.05, 4.69) is 4.98 Å². The highest BCUT2D eigenvalue weighted by Crippen LogP contribution is 2.19. The van der Waals surface area contributed by atoms with Crippen LogP contribution in [-0.2, 0) is 6.54 Å². The Kier molecular flexibility index (Phi) is 4.53. The molecule has 1 aromatic carbocycles. The molecule has 106 valence electrons. The Hall–Kier alpha value is -2.14. The van der Waals surface area contributed by atoms with E-state index in [4.69, 9.17) is 5.73 Å². The molecule has 2 rings (SSSR count). The van der Waals surface area contributed by atoms with E-state index in [-0.39, 0.29) is 11.9 Å². The average molecular weight is 272 g/mol. The van der Waals surface area contributed by atoms with E-state index in [1.165, 1.54) is 0 Å². The van der Waals surface area contributed by atoms with Gasteiger partial charge >= 0.3 is 0 Å². The quantitative estimate of drug-likeness (QED) is 0.900. The van der Waals surface area contributed by atoms with E-state index in [0.29, 0.717) is 18.8 Å². The fraction of sp³-hybridized carbons (Fsp3) is 0.333. The summed E-state index contributed by atoms with van der Waals surface area (Å²) in [5, 5.41) is 0. The minimum absolute atomic E-state index is 0.00311. The summed E-state index contributed by atoms with van der Waals surface area (Å²) in [5.74, 6) is -0.0860. The zero-order valence-electron chi connectivity index (χ0n) is 11.9. The summed E-state index contributed by atoms with van der Waals surface area (Å²) in [4.78, 5) is 18.2. The molecule has 0 radical (unpaired) electrons. The summed E-state index contributed by atoms with van der Waals surface area (Å²) in [6.45, 7) is 3.20. The van der Waals surface area contributed by atoms with Crippen LogP contribution in [0.3, 0.4) is 0 Å². The molecule has 0 bridgehead atoms. The molecule has 0 saturated heterocycles. The first-order valence-corrected chi connectivity index (χ1v) is 6.67. The van der Waals surface area contributed by atoms with Crippen LogP contribution in [-0.4, -0.2) is 34.0 Å². The predicted molar refractivity (Wildman–Crippen MR) is 78.2 cm³/mol. The van der Waals surface area contributed by atoms with Crippen molar-refractivity contribution in [2.75, 3.05) is 13.6 Å². The molecule has 1 aromatic heterocycles. The molecule has 1 amide bonds. The van der Waals surface area contributed by atoms with Crippen LogP contribution in [0.4, 0.5) is 0 Å². The van der Waals surface area contributed by atoms with Crippen molar-refractivity contribution in [3.8, 4) is 0 Å². The van der Waals surface area contributed by atoms with Crippen molar-refractivity contribution >= 4 is 5.91 Å². The van der Waals surface area contributed by atoms with Crippen LogP contribution in [0.15, 0.2) is 42.9 Å². The molecule has 5 nitrogen and oxygen atoms in total. The van der Waals surface area contributed by atoms with Gasteiger partial charge < -0.3 is 15.2 Å². The summed E-state index contributed by atoms with van der Waals surface area (Å²) in [7, 11) is 1.79. The number of amides is 1. The van der Waals surface area contributed by atoms with Crippen molar-refractivity contribution < 1.29 is 4.79 Å². The van der Waals surface area contributed by atoms with E-state index in [0.717, 1.165) is 5.56 Å². The van der Waals surface area contributed by atoms with Crippen molar-refractivity contribution in [3.05, 3.63) is 54.1 Å². The standard InChI is InChI=1S/C15H20N4O/c1-12(13-6-4-3-5-7-13)18(2)15(20)14-10-19(9-8-16)11-17-14/h3-7,10-12H,8-9,16H2,1-2H3. The van der Waals surface area contributed by atoms with E-state index >= 15 is 0 Å². The summed E-state index contributed by atoms with van der Waals surface area (Å²) in [5.41, 5.74) is 7.04. The Balaban J connectivity index is 2.11. The Morgan fingerprint density at radius 1 is 1.40 bits per heavy atom. The van der Waals surface area contributed by atoms with Gasteiger partial charge in [0.15, 0.2) is 0 Å². The minimum Gasteiger partial charge on any atom is -0.335 e. The highest BCUT2D eigenvalue weighted by Gasteiger charge is 2.20. The van der Waals surface area contributed by atoms with Gasteiger partial charge in [-0.1, -0.05) is 30.3 Å². The number of rotatable bonds is 5. The molecule has 1 heterocycles. The predicted octanol–water partition coefficient (Wildman–Crippen LogP) is 1.68. The second kappa shape index (κ2) is 6.34. The molecule has 2 aromatic rings. The van der Waals surface area contributed by atoms with Gasteiger partial charge in [-0.25, -0.2) is 4.98 Å². The number of imidazole rings is 1. The van der Waals surface area contributed by atoms with E-state index in [1.54, 1.807) is 24.5 Å². The molecule has 20 heavy (non-hydrogen) atoms. The van der Waals surface area contributed by atoms with Crippen molar-refractivity contribution in [3.63, 3.8) is 0 Å². The lowest BCUT2D eigenvalue weighted by Gasteiger charge is -2.24. The second-order valence-corrected chi connectivity index (χ2v) is 4.79. The molecular formula is C15H20N4O. The molecule has 0 fully saturated rings. The number of benzene rings is 1. The van der Waals surface area contributed by atoms with Crippen LogP contribution in [0.1, 0.15) is 29.0 Å². The molecule has 5 heteroatoms. The maximum Gasteiger partial charge on any atom is 0.274 e. The molecule has 0 aliphatic rings. The third-order valence-electron chi connectivity index (χ3n) is 3.42. The fourth-order valence-electron chi connectivity index (χ4n) is 2.05. The Bertz CT molecular complexity index is 564. The molecule has 0 saturated carbocycles. The van der Waals surface area contributed by atoms with Crippen LogP contribution < -0.4 is 5.73 Å². The monoisotopic (exact) mass is 272 g/mol. The second-order valence-electron chi connectivity index (χ2n) is 4.79. The van der Waals surface area contributed by atoms with Gasteiger partial charge in [-0.05, 0) is 12.5 Å². The van der Waals surface area contributed by atoms with Gasteiger partial charge in [0.2, 0.25) is 0 Å². The maximum absolute atomic E-state index is 12.4. The topological polar surface area (TPSA) is 64.2 Å². The summed E-state index contributed by atoms with van der Waals surface area (Å²) in [6, 6.07) is 9.94. The Morgan fingerprint density at radius 3 is 2.75 bits per heavy atom. The number of nitrogens with zero attached hydrogens (tertiary/aromatic N) is 3. The molecule has 1 atom stereocenters. The van der Waals surface area contributed by atoms with Gasteiger partial charge in [0.25, 0.3) is 5.91 Å². The average Bonchev–Trinajstić information content (AvgIpc) is 2.95. The summed E-state index contributed by atoms with van der Waals surface area (Å²) in [6.07, 6.45) is 3.38. The third kappa shape index (κ3) is 3.05. The highest BCUT2D eigenvalue weighted by molar-refractivity contribution is 5.92. The van der Waals surface area contributed by atoms with Crippen LogP contribution in [0, 0.1) is 0 Å². The number of aromatic nitrogens is 2. The normalized spacial score (nSPS) is 12.2. The Morgan fingerprint density at radius 2 is 2.10 bits per heavy atom. The van der Waals surface area contributed by atoms with Crippen LogP contribution in [0.25, 0.3) is 0 Å². The lowest BCUT2D eigenvalue weighted by Crippen LogP contribution is -2.29. The largest absolute Gasteiger partial charge is 0.335 e. The first kappa shape index (κ1) is 14.3. The summed E-state index contributed by atoms with van der Waals surface area (Å²) >= 11 is 0. The van der Waals surface area contributed by atoms with Crippen LogP contribution in [0.5, 0.6) is 0 Å². The molecule has 0 aliphatic heterocycles. The number of carbonyl (C=O) groups excluding carboxylic acids is 1. The lowest BCUT2D eigenvalue weighted by molar-refractivity contribution is 0.0737. The van der Waals surface area contributed by atoms with Gasteiger partial charge in [0, 0.05) is 26.3 Å². The number of nitrogens with two attached hydrogens (primary N) is 1. The molecule has 2 N–H and O–H groups in total. The molecule has 0 aliphatic carbocycles. The summed E-state index contributed by atoms with van der Waals surface area (Å²) < 4.78 is 1.83. The lowest BCUT2D eigenvalue weighted by atomic mass is 10.1. The maximum atomic E-state index is 12.4. The van der Waals surface area contributed by atoms with Crippen molar-refractivity contribution in [2.24, 2.45) is 5.73 Å². The fourth-order valence-corrected chi connectivity index (χ4v) is 2.05. The number of hydrogen-bond acceptors (Lipinski definition) is 3. The van der Waals surface area contributed by atoms with E-state index < -0.39 is 0 Å². The van der Waals surface area contributed by atoms with Crippen LogP contribution in [0.2, 0.25) is 0 Å². The highest BCUT2D eigenvalue weighted by atomic mass is 16.2. The zero-order valence-corrected chi connectivity index (χ0v) is 11.9. The first-order chi connectivity index (χ1) is 9.63. The molecule has 1 unspecified atom stereocenters. The molecular weight excluding hydrogens is 252 g/mol. The van der Waals surface area contributed by atoms with Gasteiger partial charge in [0.1, 0.15) is 5.69 Å². The molecule has 0 spiro atoms. The van der Waals surface area contributed by atoms with Crippen molar-refractivity contribution in [2.45, 2.75) is 19.5 Å². The van der Waals surface area contributed by atoms with E-state index in [9.17, 15) is 4.79 Å². The van der Waals surface area contributed by atoms with Gasteiger partial charge in [-0.2, -0.15) is 0 Å². The van der Waals surface area contributed by atoms with Gasteiger partial charge in [0.05, 0.1) is 12.4 Å². The minimum atomic E-state index is -0.0860. The van der Waals surface area contributed by atoms with Crippen molar-refractivity contribution in [1.82, 2.24) is 14.5 Å². The van der Waals surface area contributed by atoms with Gasteiger partial charge in [-0.3, -0.25) is 4.79 Å². The number of carbonyl (C=O) groups is 1. The Labute approximate surface area is 119 Å². The third-order valence-corrected chi connectivity index (χ3v) is 3.42. The zero-order chi connectivity index (χ0) is 14.5. The van der Waals surface area contributed by atoms with Crippen LogP contribution >= 0.6 is 0 Å². The van der Waals surface area contributed by atoms with Gasteiger partial charge in [-0.15, -0.1) is 0 Å². The smallest absolute Gasteiger partial charge is 0.274 e. The first-order valence-electron chi connectivity index (χ1n) is 6.67.